The number of hydrogen-bond donors (Lipinski definition) is 4. The molecule has 4 unspecified atom stereocenters. The number of amides is 4. The Morgan fingerprint density at radius 2 is 1.15 bits per heavy atom. The van der Waals surface area contributed by atoms with Crippen LogP contribution in [0.2, 0.25) is 0 Å². The third-order valence-corrected chi connectivity index (χ3v) is 13.8. The van der Waals surface area contributed by atoms with E-state index in [2.05, 4.69) is 20.6 Å². The summed E-state index contributed by atoms with van der Waals surface area (Å²) >= 11 is 0. The molecule has 2 aromatic heterocycles. The number of benzene rings is 2. The molecule has 3 aliphatic heterocycles. The summed E-state index contributed by atoms with van der Waals surface area (Å²) in [7, 11) is 2.60. The van der Waals surface area contributed by atoms with Gasteiger partial charge in [-0.15, -0.1) is 0 Å². The van der Waals surface area contributed by atoms with Crippen LogP contribution < -0.4 is 20.1 Å². The van der Waals surface area contributed by atoms with Crippen molar-refractivity contribution in [1.29, 1.82) is 0 Å². The summed E-state index contributed by atoms with van der Waals surface area (Å²) in [5, 5.41) is 5.50. The van der Waals surface area contributed by atoms with Gasteiger partial charge in [0.1, 0.15) is 34.8 Å². The quantitative estimate of drug-likeness (QED) is 0.133. The number of alkyl carbamates (subject to hydrolysis) is 2. The number of rotatable bonds is 11. The largest absolute Gasteiger partial charge is 0.453 e. The SMILES string of the molecule is COC(=O)N[C@H](C(=O)N1CC2CCC1(c1ncc(-c3ccc(-c4ccc(-c5cnc(C67CCC(CN6C(=O)[C@@H](NC(=O)OC)C(C)C)C7)[nH]5)c5c4OCO5)cc3)[nH]1)C2)C(C)C. The second-order valence-electron chi connectivity index (χ2n) is 18.0. The van der Waals surface area contributed by atoms with E-state index in [4.69, 9.17) is 28.9 Å². The minimum Gasteiger partial charge on any atom is -0.453 e. The van der Waals surface area contributed by atoms with Crippen LogP contribution in [0.25, 0.3) is 33.6 Å². The van der Waals surface area contributed by atoms with Gasteiger partial charge < -0.3 is 49.3 Å². The molecule has 2 saturated carbocycles. The molecule has 322 valence electrons. The summed E-state index contributed by atoms with van der Waals surface area (Å²) in [4.78, 5) is 73.1. The second-order valence-corrected chi connectivity index (χ2v) is 18.0. The zero-order valence-corrected chi connectivity index (χ0v) is 35.5. The van der Waals surface area contributed by atoms with Crippen molar-refractivity contribution in [3.63, 3.8) is 0 Å². The highest BCUT2D eigenvalue weighted by Gasteiger charge is 2.58. The van der Waals surface area contributed by atoms with Crippen molar-refractivity contribution in [1.82, 2.24) is 40.4 Å². The normalized spacial score (nSPS) is 24.4. The van der Waals surface area contributed by atoms with Crippen molar-refractivity contribution >= 4 is 24.0 Å². The van der Waals surface area contributed by atoms with Crippen molar-refractivity contribution in [2.24, 2.45) is 23.7 Å². The number of piperidine rings is 2. The molecule has 2 saturated heterocycles. The lowest BCUT2D eigenvalue weighted by atomic mass is 9.93. The van der Waals surface area contributed by atoms with Gasteiger partial charge in [0.05, 0.1) is 38.0 Å². The Hall–Kier alpha value is -6.06. The average Bonchev–Trinajstić information content (AvgIpc) is 4.13. The Morgan fingerprint density at radius 3 is 1.64 bits per heavy atom. The lowest BCUT2D eigenvalue weighted by Gasteiger charge is -2.40. The van der Waals surface area contributed by atoms with Crippen LogP contribution in [0.3, 0.4) is 0 Å². The summed E-state index contributed by atoms with van der Waals surface area (Å²) in [6, 6.07) is 10.8. The minimum atomic E-state index is -0.720. The molecular formula is C45H54N8O8. The Balaban J connectivity index is 0.945. The first-order valence-electron chi connectivity index (χ1n) is 21.3. The highest BCUT2D eigenvalue weighted by molar-refractivity contribution is 5.88. The van der Waals surface area contributed by atoms with Crippen LogP contribution in [-0.4, -0.2) is 99.9 Å². The number of nitrogens with one attached hydrogen (secondary N) is 4. The maximum absolute atomic E-state index is 14.0. The fraction of sp³-hybridized carbons (Fsp3) is 0.511. The van der Waals surface area contributed by atoms with E-state index in [0.29, 0.717) is 36.4 Å². The lowest BCUT2D eigenvalue weighted by molar-refractivity contribution is -0.141. The first-order valence-corrected chi connectivity index (χ1v) is 21.3. The van der Waals surface area contributed by atoms with Gasteiger partial charge in [-0.25, -0.2) is 19.6 Å². The van der Waals surface area contributed by atoms with Crippen molar-refractivity contribution in [2.75, 3.05) is 34.1 Å². The van der Waals surface area contributed by atoms with E-state index in [1.807, 2.05) is 80.1 Å². The molecule has 5 heterocycles. The van der Waals surface area contributed by atoms with Crippen LogP contribution in [0.1, 0.15) is 77.9 Å². The van der Waals surface area contributed by atoms with Gasteiger partial charge >= 0.3 is 12.2 Å². The van der Waals surface area contributed by atoms with Gasteiger partial charge in [-0.3, -0.25) is 9.59 Å². The van der Waals surface area contributed by atoms with Gasteiger partial charge in [-0.2, -0.15) is 0 Å². The van der Waals surface area contributed by atoms with Crippen molar-refractivity contribution < 1.29 is 38.1 Å². The maximum Gasteiger partial charge on any atom is 0.407 e. The molecule has 0 spiro atoms. The first kappa shape index (κ1) is 40.4. The van der Waals surface area contributed by atoms with Crippen LogP contribution in [0.4, 0.5) is 9.59 Å². The van der Waals surface area contributed by atoms with Crippen LogP contribution in [0, 0.1) is 23.7 Å². The van der Waals surface area contributed by atoms with Gasteiger partial charge in [0.15, 0.2) is 11.5 Å². The second kappa shape index (κ2) is 15.4. The molecule has 2 aliphatic carbocycles. The number of nitrogens with zero attached hydrogens (tertiary/aromatic N) is 4. The Morgan fingerprint density at radius 1 is 0.689 bits per heavy atom. The molecule has 16 nitrogen and oxygen atoms in total. The summed E-state index contributed by atoms with van der Waals surface area (Å²) in [5.74, 6) is 2.97. The van der Waals surface area contributed by atoms with Crippen molar-refractivity contribution in [2.45, 2.75) is 89.4 Å². The third-order valence-electron chi connectivity index (χ3n) is 13.8. The lowest BCUT2D eigenvalue weighted by Crippen LogP contribution is -2.56. The summed E-state index contributed by atoms with van der Waals surface area (Å²) in [5.41, 5.74) is 4.02. The van der Waals surface area contributed by atoms with E-state index in [1.165, 1.54) is 14.2 Å². The Bertz CT molecular complexity index is 2360. The van der Waals surface area contributed by atoms with Crippen LogP contribution >= 0.6 is 0 Å². The van der Waals surface area contributed by atoms with Crippen molar-refractivity contribution in [3.8, 4) is 45.1 Å². The predicted molar refractivity (Wildman–Crippen MR) is 223 cm³/mol. The topological polar surface area (TPSA) is 193 Å². The number of carbonyl (C=O) groups excluding carboxylic acids is 4. The molecule has 4 amide bonds. The molecule has 9 rings (SSSR count). The fourth-order valence-electron chi connectivity index (χ4n) is 10.6. The molecule has 5 aliphatic rings. The summed E-state index contributed by atoms with van der Waals surface area (Å²) in [6.45, 7) is 8.98. The Labute approximate surface area is 354 Å². The summed E-state index contributed by atoms with van der Waals surface area (Å²) < 4.78 is 21.9. The number of aromatic amines is 2. The molecule has 4 fully saturated rings. The number of likely N-dealkylation sites (tertiary alicyclic amines) is 2. The third kappa shape index (κ3) is 6.74. The molecule has 4 N–H and O–H groups in total. The Kier molecular flexibility index (Phi) is 10.2. The number of aromatic nitrogens is 4. The molecule has 0 radical (unpaired) electrons. The van der Waals surface area contributed by atoms with Gasteiger partial charge in [-0.05, 0) is 85.5 Å². The molecule has 2 aromatic carbocycles. The molecule has 4 bridgehead atoms. The molecule has 16 heteroatoms. The number of fused-ring (bicyclic) bond motifs is 5. The zero-order chi connectivity index (χ0) is 42.8. The van der Waals surface area contributed by atoms with E-state index in [1.54, 1.807) is 6.20 Å². The highest BCUT2D eigenvalue weighted by atomic mass is 16.7. The highest BCUT2D eigenvalue weighted by Crippen LogP contribution is 2.55. The number of hydrogen-bond acceptors (Lipinski definition) is 10. The zero-order valence-electron chi connectivity index (χ0n) is 35.5. The number of carbonyl (C=O) groups is 4. The summed E-state index contributed by atoms with van der Waals surface area (Å²) in [6.07, 6.45) is 7.59. The smallest absolute Gasteiger partial charge is 0.407 e. The monoisotopic (exact) mass is 834 g/mol. The van der Waals surface area contributed by atoms with E-state index < -0.39 is 35.3 Å². The van der Waals surface area contributed by atoms with Gasteiger partial charge in [0.25, 0.3) is 0 Å². The average molecular weight is 835 g/mol. The van der Waals surface area contributed by atoms with Gasteiger partial charge in [0.2, 0.25) is 18.6 Å². The minimum absolute atomic E-state index is 0.0752. The van der Waals surface area contributed by atoms with Gasteiger partial charge in [-0.1, -0.05) is 52.0 Å². The van der Waals surface area contributed by atoms with Crippen LogP contribution in [0.5, 0.6) is 11.5 Å². The van der Waals surface area contributed by atoms with Crippen molar-refractivity contribution in [3.05, 3.63) is 60.4 Å². The molecular weight excluding hydrogens is 781 g/mol. The maximum atomic E-state index is 14.0. The molecule has 4 aromatic rings. The fourth-order valence-corrected chi connectivity index (χ4v) is 10.6. The van der Waals surface area contributed by atoms with E-state index >= 15 is 0 Å². The van der Waals surface area contributed by atoms with Gasteiger partial charge in [0, 0.05) is 24.2 Å². The number of H-pyrrole nitrogens is 2. The molecule has 61 heavy (non-hydrogen) atoms. The van der Waals surface area contributed by atoms with E-state index in [0.717, 1.165) is 83.8 Å². The number of imidazole rings is 2. The van der Waals surface area contributed by atoms with E-state index in [-0.39, 0.29) is 30.4 Å². The van der Waals surface area contributed by atoms with E-state index in [9.17, 15) is 19.2 Å². The first-order chi connectivity index (χ1) is 29.3. The van der Waals surface area contributed by atoms with Crippen LogP contribution in [0.15, 0.2) is 48.8 Å². The molecule has 6 atom stereocenters. The predicted octanol–water partition coefficient (Wildman–Crippen LogP) is 6.30. The van der Waals surface area contributed by atoms with Crippen LogP contribution in [-0.2, 0) is 30.1 Å². The number of methoxy groups -OCH3 is 2. The standard InChI is InChI=1S/C45H54N8O8/c1-24(2)34(50-42(56)58-5)38(54)52-21-26-13-15-44(52,17-26)40-46-19-32(48-40)29-9-7-28(8-10-29)30-11-12-31(37-36(30)60-23-61-37)33-20-47-41(49-33)45-16-14-27(18-45)22-53(45)39(55)35(25(3)4)51-43(57)59-6/h7-12,19-20,24-27,34-35H,13-18,21-23H2,1-6H3,(H,46,48)(H,47,49)(H,50,56)(H,51,57)/t26?,27?,34-,35-,44?,45?/m0/s1. The number of ether oxygens (including phenoxy) is 4.